The largest absolute Gasteiger partial charge is 0.756 e. The number of nitrogens with zero attached hydrogens (tertiary/aromatic N) is 1. The van der Waals surface area contributed by atoms with Crippen LogP contribution in [-0.2, 0) is 27.9 Å². The second-order valence-corrected chi connectivity index (χ2v) is 23.8. The molecule has 0 bridgehead atoms. The van der Waals surface area contributed by atoms with Gasteiger partial charge >= 0.3 is 5.97 Å². The second-order valence-electron chi connectivity index (χ2n) is 22.4. The lowest BCUT2D eigenvalue weighted by Crippen LogP contribution is -2.37. The summed E-state index contributed by atoms with van der Waals surface area (Å²) < 4.78 is 34.9. The van der Waals surface area contributed by atoms with Gasteiger partial charge in [-0.05, 0) is 51.4 Å². The van der Waals surface area contributed by atoms with E-state index in [0.717, 1.165) is 57.8 Å². The average molecular weight is 1050 g/mol. The lowest BCUT2D eigenvalue weighted by molar-refractivity contribution is -0.870. The molecule has 0 N–H and O–H groups in total. The molecule has 0 aromatic rings. The van der Waals surface area contributed by atoms with Crippen LogP contribution >= 0.6 is 7.82 Å². The van der Waals surface area contributed by atoms with E-state index in [0.29, 0.717) is 24.1 Å². The molecule has 2 unspecified atom stereocenters. The Labute approximate surface area is 454 Å². The van der Waals surface area contributed by atoms with Crippen LogP contribution in [0.15, 0.2) is 48.6 Å². The highest BCUT2D eigenvalue weighted by Crippen LogP contribution is 2.38. The van der Waals surface area contributed by atoms with Crippen LogP contribution in [0, 0.1) is 0 Å². The van der Waals surface area contributed by atoms with Gasteiger partial charge in [0.1, 0.15) is 19.3 Å². The zero-order valence-corrected chi connectivity index (χ0v) is 50.0. The summed E-state index contributed by atoms with van der Waals surface area (Å²) >= 11 is 0. The number of carbonyl (C=O) groups excluding carboxylic acids is 1. The number of carbonyl (C=O) groups is 1. The number of hydrogen-bond acceptors (Lipinski definition) is 7. The Morgan fingerprint density at radius 2 is 0.795 bits per heavy atom. The minimum absolute atomic E-state index is 0.0272. The van der Waals surface area contributed by atoms with Crippen LogP contribution < -0.4 is 4.89 Å². The third-order valence-corrected chi connectivity index (χ3v) is 14.9. The number of ether oxygens (including phenoxy) is 2. The first-order valence-electron chi connectivity index (χ1n) is 31.4. The predicted octanol–water partition coefficient (Wildman–Crippen LogP) is 19.6. The van der Waals surface area contributed by atoms with Crippen LogP contribution in [-0.4, -0.2) is 70.7 Å². The van der Waals surface area contributed by atoms with Crippen LogP contribution in [0.1, 0.15) is 296 Å². The molecule has 2 atom stereocenters. The van der Waals surface area contributed by atoms with Gasteiger partial charge in [0.2, 0.25) is 0 Å². The first kappa shape index (κ1) is 71.5. The van der Waals surface area contributed by atoms with Crippen molar-refractivity contribution in [3.05, 3.63) is 48.6 Å². The highest BCUT2D eigenvalue weighted by atomic mass is 31.2. The highest BCUT2D eigenvalue weighted by molar-refractivity contribution is 7.45. The molecule has 0 heterocycles. The Morgan fingerprint density at radius 3 is 1.19 bits per heavy atom. The van der Waals surface area contributed by atoms with Gasteiger partial charge < -0.3 is 27.9 Å². The van der Waals surface area contributed by atoms with Crippen molar-refractivity contribution in [1.29, 1.82) is 0 Å². The molecule has 73 heavy (non-hydrogen) atoms. The van der Waals surface area contributed by atoms with E-state index in [4.69, 9.17) is 18.5 Å². The molecule has 0 radical (unpaired) electrons. The van der Waals surface area contributed by atoms with Crippen molar-refractivity contribution < 1.29 is 37.3 Å². The fourth-order valence-corrected chi connectivity index (χ4v) is 9.86. The Morgan fingerprint density at radius 1 is 0.438 bits per heavy atom. The van der Waals surface area contributed by atoms with Crippen LogP contribution in [0.5, 0.6) is 0 Å². The molecule has 0 aliphatic heterocycles. The molecule has 0 amide bonds. The minimum atomic E-state index is -4.54. The third kappa shape index (κ3) is 61.2. The summed E-state index contributed by atoms with van der Waals surface area (Å²) in [6.07, 6.45) is 73.1. The van der Waals surface area contributed by atoms with Crippen molar-refractivity contribution in [2.24, 2.45) is 0 Å². The number of phosphoric acid groups is 1. The molecule has 430 valence electrons. The summed E-state index contributed by atoms with van der Waals surface area (Å²) in [6.45, 7) is 5.36. The maximum Gasteiger partial charge on any atom is 0.306 e. The fourth-order valence-electron chi connectivity index (χ4n) is 9.13. The van der Waals surface area contributed by atoms with Gasteiger partial charge in [-0.2, -0.15) is 0 Å². The lowest BCUT2D eigenvalue weighted by atomic mass is 10.0. The van der Waals surface area contributed by atoms with Gasteiger partial charge in [0.15, 0.2) is 0 Å². The number of quaternary nitrogens is 1. The number of likely N-dealkylation sites (N-methyl/N-ethyl adjacent to an activating group) is 1. The summed E-state index contributed by atoms with van der Waals surface area (Å²) in [5, 5.41) is 0. The van der Waals surface area contributed by atoms with Crippen LogP contribution in [0.3, 0.4) is 0 Å². The number of allylic oxidation sites excluding steroid dienone is 8. The molecule has 0 aromatic heterocycles. The van der Waals surface area contributed by atoms with E-state index in [1.165, 1.54) is 218 Å². The molecule has 0 aliphatic carbocycles. The molecule has 0 rings (SSSR count). The number of rotatable bonds is 59. The summed E-state index contributed by atoms with van der Waals surface area (Å²) in [5.74, 6) is -0.327. The molecule has 0 fully saturated rings. The number of hydrogen-bond donors (Lipinski definition) is 0. The fraction of sp³-hybridized carbons (Fsp3) is 0.859. The summed E-state index contributed by atoms with van der Waals surface area (Å²) in [7, 11) is 1.37. The SMILES string of the molecule is CC/C=C\C/C=C\C/C=C\C/C=C\CCCCCCCCCCCCCCCOCC(COP(=O)([O-])OCC[N+](C)(C)C)OC(=O)CCCCCCCCCCCCCCCCCCCCCCCCCCC. The van der Waals surface area contributed by atoms with Crippen LogP contribution in [0.4, 0.5) is 0 Å². The van der Waals surface area contributed by atoms with Crippen molar-refractivity contribution in [3.8, 4) is 0 Å². The maximum atomic E-state index is 12.8. The monoisotopic (exact) mass is 1050 g/mol. The van der Waals surface area contributed by atoms with Gasteiger partial charge in [-0.15, -0.1) is 0 Å². The summed E-state index contributed by atoms with van der Waals surface area (Å²) in [6, 6.07) is 0. The normalized spacial score (nSPS) is 13.7. The molecular formula is C64H122NO7P. The Bertz CT molecular complexity index is 1310. The summed E-state index contributed by atoms with van der Waals surface area (Å²) in [4.78, 5) is 25.3. The standard InChI is InChI=1S/C64H122NO7P/c1-6-8-10-12-14-16-18-20-22-24-26-28-30-32-34-36-38-40-42-44-46-48-50-52-54-56-59-69-61-63(62-71-73(67,68)70-60-58-65(3,4)5)72-64(66)57-55-53-51-49-47-45-43-41-39-37-35-33-31-29-27-25-23-21-19-17-15-13-11-9-7-2/h8,10,14,16,20,22,26,28,63H,6-7,9,11-13,15,17-19,21,23-25,27,29-62H2,1-5H3/b10-8-,16-14-,22-20-,28-26-. The molecule has 0 aromatic carbocycles. The van der Waals surface area contributed by atoms with Crippen molar-refractivity contribution in [2.75, 3.05) is 54.1 Å². The van der Waals surface area contributed by atoms with Crippen molar-refractivity contribution in [2.45, 2.75) is 302 Å². The third-order valence-electron chi connectivity index (χ3n) is 13.9. The molecule has 9 heteroatoms. The first-order valence-corrected chi connectivity index (χ1v) is 32.8. The van der Waals surface area contributed by atoms with Crippen molar-refractivity contribution in [3.63, 3.8) is 0 Å². The van der Waals surface area contributed by atoms with E-state index in [1.807, 2.05) is 21.1 Å². The second kappa shape index (κ2) is 56.7. The van der Waals surface area contributed by atoms with E-state index in [-0.39, 0.29) is 25.8 Å². The number of phosphoric ester groups is 1. The molecular weight excluding hydrogens is 926 g/mol. The van der Waals surface area contributed by atoms with Gasteiger partial charge in [-0.3, -0.25) is 9.36 Å². The highest BCUT2D eigenvalue weighted by Gasteiger charge is 2.20. The molecule has 0 spiro atoms. The molecule has 0 aliphatic rings. The molecule has 0 saturated heterocycles. The Balaban J connectivity index is 3.99. The van der Waals surface area contributed by atoms with E-state index in [9.17, 15) is 14.3 Å². The predicted molar refractivity (Wildman–Crippen MR) is 314 cm³/mol. The van der Waals surface area contributed by atoms with Gasteiger partial charge in [0.05, 0.1) is 34.4 Å². The van der Waals surface area contributed by atoms with E-state index in [2.05, 4.69) is 62.5 Å². The van der Waals surface area contributed by atoms with E-state index in [1.54, 1.807) is 0 Å². The smallest absolute Gasteiger partial charge is 0.306 e. The van der Waals surface area contributed by atoms with Gasteiger partial charge in [-0.25, -0.2) is 0 Å². The van der Waals surface area contributed by atoms with Crippen LogP contribution in [0.25, 0.3) is 0 Å². The van der Waals surface area contributed by atoms with Gasteiger partial charge in [0.25, 0.3) is 7.82 Å². The molecule has 0 saturated carbocycles. The van der Waals surface area contributed by atoms with Crippen molar-refractivity contribution >= 4 is 13.8 Å². The van der Waals surface area contributed by atoms with Crippen molar-refractivity contribution in [1.82, 2.24) is 0 Å². The van der Waals surface area contributed by atoms with E-state index < -0.39 is 13.9 Å². The topological polar surface area (TPSA) is 94.1 Å². The zero-order chi connectivity index (χ0) is 53.3. The Hall–Kier alpha value is -1.54. The van der Waals surface area contributed by atoms with Gasteiger partial charge in [-0.1, -0.05) is 287 Å². The minimum Gasteiger partial charge on any atom is -0.756 e. The van der Waals surface area contributed by atoms with Crippen LogP contribution in [0.2, 0.25) is 0 Å². The average Bonchev–Trinajstić information content (AvgIpc) is 3.35. The first-order chi connectivity index (χ1) is 35.6. The molecule has 8 nitrogen and oxygen atoms in total. The summed E-state index contributed by atoms with van der Waals surface area (Å²) in [5.41, 5.74) is 0. The van der Waals surface area contributed by atoms with Gasteiger partial charge in [0, 0.05) is 13.0 Å². The lowest BCUT2D eigenvalue weighted by Gasteiger charge is -2.28. The quantitative estimate of drug-likeness (QED) is 0.0197. The number of unbranched alkanes of at least 4 members (excludes halogenated alkanes) is 37. The van der Waals surface area contributed by atoms with E-state index >= 15 is 0 Å². The zero-order valence-electron chi connectivity index (χ0n) is 49.1. The maximum absolute atomic E-state index is 12.8. The Kier molecular flexibility index (Phi) is 55.5. The number of esters is 1.